The monoisotopic (exact) mass is 311 g/mol. The lowest BCUT2D eigenvalue weighted by Gasteiger charge is -2.40. The second-order valence-corrected chi connectivity index (χ2v) is 7.12. The van der Waals surface area contributed by atoms with E-state index in [1.54, 1.807) is 0 Å². The van der Waals surface area contributed by atoms with Crippen LogP contribution in [0.2, 0.25) is 0 Å². The Bertz CT molecular complexity index is 372. The molecule has 1 aliphatic carbocycles. The summed E-state index contributed by atoms with van der Waals surface area (Å²) in [4.78, 5) is 17.6. The van der Waals surface area contributed by atoms with E-state index in [4.69, 9.17) is 18.0 Å². The zero-order valence-corrected chi connectivity index (χ0v) is 14.2. The Morgan fingerprint density at radius 3 is 2.24 bits per heavy atom. The van der Waals surface area contributed by atoms with Crippen LogP contribution in [0.15, 0.2) is 0 Å². The Labute approximate surface area is 134 Å². The molecule has 4 nitrogen and oxygen atoms in total. The Morgan fingerprint density at radius 2 is 1.76 bits per heavy atom. The molecule has 1 atom stereocenters. The highest BCUT2D eigenvalue weighted by Crippen LogP contribution is 2.29. The lowest BCUT2D eigenvalue weighted by atomic mass is 9.82. The molecule has 0 aromatic heterocycles. The number of piperazine rings is 1. The molecule has 0 aromatic carbocycles. The molecule has 2 N–H and O–H groups in total. The van der Waals surface area contributed by atoms with E-state index in [9.17, 15) is 4.79 Å². The molecule has 0 radical (unpaired) electrons. The number of carbonyl (C=O) groups excluding carboxylic acids is 1. The zero-order chi connectivity index (χ0) is 15.4. The summed E-state index contributed by atoms with van der Waals surface area (Å²) in [5.74, 6) is 1.44. The molecule has 1 heterocycles. The minimum atomic E-state index is 0.188. The normalized spacial score (nSPS) is 29.1. The Balaban J connectivity index is 1.83. The van der Waals surface area contributed by atoms with Gasteiger partial charge in [0.05, 0.1) is 11.0 Å². The van der Waals surface area contributed by atoms with Crippen molar-refractivity contribution in [1.29, 1.82) is 0 Å². The van der Waals surface area contributed by atoms with Crippen LogP contribution in [0.4, 0.5) is 0 Å². The fourth-order valence-corrected chi connectivity index (χ4v) is 3.97. The quantitative estimate of drug-likeness (QED) is 0.807. The first-order valence-corrected chi connectivity index (χ1v) is 8.75. The van der Waals surface area contributed by atoms with Crippen LogP contribution in [-0.2, 0) is 4.79 Å². The molecular formula is C16H29N3OS. The smallest absolute Gasteiger partial charge is 0.225 e. The van der Waals surface area contributed by atoms with Crippen molar-refractivity contribution in [3.63, 3.8) is 0 Å². The molecule has 1 saturated carbocycles. The van der Waals surface area contributed by atoms with E-state index in [1.807, 2.05) is 0 Å². The summed E-state index contributed by atoms with van der Waals surface area (Å²) in [6, 6.07) is 0.188. The van der Waals surface area contributed by atoms with Crippen molar-refractivity contribution in [1.82, 2.24) is 9.80 Å². The van der Waals surface area contributed by atoms with Gasteiger partial charge < -0.3 is 10.6 Å². The van der Waals surface area contributed by atoms with E-state index in [0.717, 1.165) is 51.4 Å². The Morgan fingerprint density at radius 1 is 1.19 bits per heavy atom. The predicted molar refractivity (Wildman–Crippen MR) is 90.1 cm³/mol. The van der Waals surface area contributed by atoms with Gasteiger partial charge in [0.2, 0.25) is 5.91 Å². The van der Waals surface area contributed by atoms with Gasteiger partial charge in [-0.05, 0) is 38.0 Å². The van der Waals surface area contributed by atoms with Crippen LogP contribution in [0.25, 0.3) is 0 Å². The highest BCUT2D eigenvalue weighted by Gasteiger charge is 2.31. The number of thiocarbonyl (C=S) groups is 1. The van der Waals surface area contributed by atoms with Gasteiger partial charge in [0, 0.05) is 32.1 Å². The maximum absolute atomic E-state index is 12.6. The summed E-state index contributed by atoms with van der Waals surface area (Å²) < 4.78 is 0. The number of nitrogens with zero attached hydrogens (tertiary/aromatic N) is 2. The minimum absolute atomic E-state index is 0.188. The standard InChI is InChI=1S/C16H29N3OS/c1-3-14(15(17)21)18-8-10-19(11-9-18)16(20)13-6-4-12(2)5-7-13/h12-14H,3-11H2,1-2H3,(H2,17,21). The summed E-state index contributed by atoms with van der Waals surface area (Å²) >= 11 is 5.15. The van der Waals surface area contributed by atoms with Crippen LogP contribution in [-0.4, -0.2) is 52.9 Å². The molecule has 1 aliphatic heterocycles. The Hall–Kier alpha value is -0.680. The zero-order valence-electron chi connectivity index (χ0n) is 13.4. The number of carbonyl (C=O) groups is 1. The molecule has 2 fully saturated rings. The van der Waals surface area contributed by atoms with E-state index >= 15 is 0 Å². The lowest BCUT2D eigenvalue weighted by molar-refractivity contribution is -0.138. The van der Waals surface area contributed by atoms with Crippen LogP contribution in [0, 0.1) is 11.8 Å². The minimum Gasteiger partial charge on any atom is -0.392 e. The highest BCUT2D eigenvalue weighted by atomic mass is 32.1. The summed E-state index contributed by atoms with van der Waals surface area (Å²) in [5.41, 5.74) is 5.81. The van der Waals surface area contributed by atoms with Crippen LogP contribution in [0.3, 0.4) is 0 Å². The predicted octanol–water partition coefficient (Wildman–Crippen LogP) is 2.02. The third-order valence-electron chi connectivity index (χ3n) is 5.15. The number of hydrogen-bond acceptors (Lipinski definition) is 3. The fraction of sp³-hybridized carbons (Fsp3) is 0.875. The Kier molecular flexibility index (Phi) is 5.99. The number of rotatable bonds is 4. The van der Waals surface area contributed by atoms with Gasteiger partial charge in [-0.25, -0.2) is 0 Å². The SMILES string of the molecule is CCC(C(N)=S)N1CCN(C(=O)C2CCC(C)CC2)CC1. The second kappa shape index (κ2) is 7.54. The first kappa shape index (κ1) is 16.7. The highest BCUT2D eigenvalue weighted by molar-refractivity contribution is 7.80. The van der Waals surface area contributed by atoms with E-state index in [2.05, 4.69) is 23.6 Å². The molecule has 1 amide bonds. The molecule has 21 heavy (non-hydrogen) atoms. The van der Waals surface area contributed by atoms with E-state index in [0.29, 0.717) is 10.9 Å². The average Bonchev–Trinajstić information content (AvgIpc) is 2.48. The van der Waals surface area contributed by atoms with Gasteiger partial charge in [-0.1, -0.05) is 26.1 Å². The first-order valence-electron chi connectivity index (χ1n) is 8.35. The maximum Gasteiger partial charge on any atom is 0.225 e. The average molecular weight is 311 g/mol. The lowest BCUT2D eigenvalue weighted by Crippen LogP contribution is -2.55. The molecule has 0 aromatic rings. The van der Waals surface area contributed by atoms with Crippen molar-refractivity contribution in [2.24, 2.45) is 17.6 Å². The fourth-order valence-electron chi connectivity index (χ4n) is 3.66. The van der Waals surface area contributed by atoms with E-state index in [-0.39, 0.29) is 12.0 Å². The van der Waals surface area contributed by atoms with Gasteiger partial charge in [0.15, 0.2) is 0 Å². The molecule has 1 saturated heterocycles. The van der Waals surface area contributed by atoms with Gasteiger partial charge in [-0.2, -0.15) is 0 Å². The number of nitrogens with two attached hydrogens (primary N) is 1. The van der Waals surface area contributed by atoms with Crippen LogP contribution < -0.4 is 5.73 Å². The molecule has 1 unspecified atom stereocenters. The van der Waals surface area contributed by atoms with E-state index < -0.39 is 0 Å². The molecule has 5 heteroatoms. The van der Waals surface area contributed by atoms with Gasteiger partial charge in [0.1, 0.15) is 0 Å². The largest absolute Gasteiger partial charge is 0.392 e. The van der Waals surface area contributed by atoms with Crippen molar-refractivity contribution in [2.75, 3.05) is 26.2 Å². The van der Waals surface area contributed by atoms with Gasteiger partial charge in [0.25, 0.3) is 0 Å². The number of amides is 1. The molecule has 0 spiro atoms. The van der Waals surface area contributed by atoms with Crippen LogP contribution in [0.5, 0.6) is 0 Å². The first-order chi connectivity index (χ1) is 10.0. The maximum atomic E-state index is 12.6. The van der Waals surface area contributed by atoms with Gasteiger partial charge in [-0.3, -0.25) is 9.69 Å². The van der Waals surface area contributed by atoms with Crippen molar-refractivity contribution in [2.45, 2.75) is 52.0 Å². The van der Waals surface area contributed by atoms with Crippen molar-refractivity contribution in [3.05, 3.63) is 0 Å². The van der Waals surface area contributed by atoms with E-state index in [1.165, 1.54) is 12.8 Å². The molecule has 2 aliphatic rings. The summed E-state index contributed by atoms with van der Waals surface area (Å²) in [5, 5.41) is 0. The topological polar surface area (TPSA) is 49.6 Å². The molecule has 120 valence electrons. The van der Waals surface area contributed by atoms with Crippen molar-refractivity contribution < 1.29 is 4.79 Å². The molecule has 0 bridgehead atoms. The van der Waals surface area contributed by atoms with Crippen LogP contribution >= 0.6 is 12.2 Å². The van der Waals surface area contributed by atoms with Crippen LogP contribution in [0.1, 0.15) is 46.0 Å². The summed E-state index contributed by atoms with van der Waals surface area (Å²) in [7, 11) is 0. The third-order valence-corrected chi connectivity index (χ3v) is 5.42. The molecular weight excluding hydrogens is 282 g/mol. The van der Waals surface area contributed by atoms with Gasteiger partial charge in [-0.15, -0.1) is 0 Å². The van der Waals surface area contributed by atoms with Crippen molar-refractivity contribution >= 4 is 23.1 Å². The van der Waals surface area contributed by atoms with Gasteiger partial charge >= 0.3 is 0 Å². The third kappa shape index (κ3) is 4.16. The second-order valence-electron chi connectivity index (χ2n) is 6.64. The summed E-state index contributed by atoms with van der Waals surface area (Å²) in [6.07, 6.45) is 5.50. The van der Waals surface area contributed by atoms with Crippen molar-refractivity contribution in [3.8, 4) is 0 Å². The summed E-state index contributed by atoms with van der Waals surface area (Å²) in [6.45, 7) is 7.84. The number of hydrogen-bond donors (Lipinski definition) is 1. The molecule has 2 rings (SSSR count).